The topological polar surface area (TPSA) is 225 Å². The highest BCUT2D eigenvalue weighted by molar-refractivity contribution is 5.87. The molecule has 0 saturated carbocycles. The fourth-order valence-electron chi connectivity index (χ4n) is 9.38. The van der Waals surface area contributed by atoms with Gasteiger partial charge in [-0.15, -0.1) is 0 Å². The molecule has 6 N–H and O–H groups in total. The van der Waals surface area contributed by atoms with Gasteiger partial charge in [0.15, 0.2) is 0 Å². The van der Waals surface area contributed by atoms with Crippen LogP contribution in [0.1, 0.15) is 56.5 Å². The van der Waals surface area contributed by atoms with E-state index in [-0.39, 0.29) is 33.6 Å². The van der Waals surface area contributed by atoms with Gasteiger partial charge in [0.25, 0.3) is 5.91 Å². The third kappa shape index (κ3) is 14.4. The van der Waals surface area contributed by atoms with Crippen molar-refractivity contribution in [1.29, 1.82) is 0 Å². The number of nitrogens with zero attached hydrogens (tertiary/aromatic N) is 6. The quantitative estimate of drug-likeness (QED) is 0.0373. The van der Waals surface area contributed by atoms with Gasteiger partial charge in [-0.2, -0.15) is 40.2 Å². The summed E-state index contributed by atoms with van der Waals surface area (Å²) in [6.07, 6.45) is -14.3. The Kier molecular flexibility index (Phi) is 18.8. The van der Waals surface area contributed by atoms with Crippen LogP contribution in [0.3, 0.4) is 0 Å². The zero-order valence-corrected chi connectivity index (χ0v) is 44.0. The first kappa shape index (κ1) is 61.4. The van der Waals surface area contributed by atoms with E-state index in [1.165, 1.54) is 29.6 Å². The Morgan fingerprint density at radius 3 is 1.85 bits per heavy atom. The van der Waals surface area contributed by atoms with Crippen LogP contribution in [-0.2, 0) is 36.8 Å². The number of hydrazine groups is 1. The number of alkyl halides is 8. The second-order valence-electron chi connectivity index (χ2n) is 20.8. The molecule has 440 valence electrons. The van der Waals surface area contributed by atoms with Crippen molar-refractivity contribution in [2.45, 2.75) is 102 Å². The Hall–Kier alpha value is -7.26. The van der Waals surface area contributed by atoms with Crippen molar-refractivity contribution in [2.24, 2.45) is 10.8 Å². The van der Waals surface area contributed by atoms with Crippen LogP contribution < -0.4 is 26.3 Å². The molecule has 3 aliphatic rings. The van der Waals surface area contributed by atoms with Gasteiger partial charge in [0.2, 0.25) is 5.91 Å². The number of anilines is 1. The number of carboxylic acid groups (broad SMARTS) is 1. The van der Waals surface area contributed by atoms with Crippen LogP contribution in [-0.4, -0.2) is 167 Å². The summed E-state index contributed by atoms with van der Waals surface area (Å²) in [6, 6.07) is 5.67. The molecule has 7 rings (SSSR count). The molecule has 2 unspecified atom stereocenters. The maximum atomic E-state index is 16.0. The molecular formula is C52H58F10N10O9. The average Bonchev–Trinajstić information content (AvgIpc) is 4.03. The minimum Gasteiger partial charge on any atom is -0.465 e. The largest absolute Gasteiger partial charge is 0.465 e. The number of piperazine rings is 1. The molecule has 29 heteroatoms. The molecule has 0 aliphatic carbocycles. The first-order chi connectivity index (χ1) is 38.0. The molecular weight excluding hydrogens is 1100 g/mol. The summed E-state index contributed by atoms with van der Waals surface area (Å²) < 4.78 is 161. The molecule has 6 atom stereocenters. The number of pyridine rings is 1. The number of hydrogen-bond acceptors (Lipinski definition) is 13. The Morgan fingerprint density at radius 2 is 1.35 bits per heavy atom. The van der Waals surface area contributed by atoms with Crippen LogP contribution in [0.2, 0.25) is 0 Å². The number of methoxy groups -OCH3 is 1. The molecule has 2 aromatic heterocycles. The number of aromatic nitrogens is 3. The van der Waals surface area contributed by atoms with Crippen LogP contribution in [0.5, 0.6) is 0 Å². The van der Waals surface area contributed by atoms with Crippen LogP contribution >= 0.6 is 0 Å². The number of fused-ring (bicyclic) bond motifs is 2. The highest BCUT2D eigenvalue weighted by Gasteiger charge is 2.57. The molecule has 19 nitrogen and oxygen atoms in total. The number of rotatable bonds is 19. The van der Waals surface area contributed by atoms with Gasteiger partial charge in [-0.05, 0) is 82.1 Å². The molecule has 4 aromatic rings. The second-order valence-corrected chi connectivity index (χ2v) is 20.8. The molecule has 81 heavy (non-hydrogen) atoms. The van der Waals surface area contributed by atoms with Crippen molar-refractivity contribution in [2.75, 3.05) is 58.1 Å². The Morgan fingerprint density at radius 1 is 0.790 bits per heavy atom. The second kappa shape index (κ2) is 24.8. The molecule has 3 saturated heterocycles. The predicted octanol–water partition coefficient (Wildman–Crippen LogP) is 5.77. The van der Waals surface area contributed by atoms with Gasteiger partial charge in [-0.3, -0.25) is 19.9 Å². The number of hydrogen-bond donors (Lipinski definition) is 6. The van der Waals surface area contributed by atoms with Gasteiger partial charge >= 0.3 is 31.1 Å². The third-order valence-electron chi connectivity index (χ3n) is 14.4. The van der Waals surface area contributed by atoms with Crippen LogP contribution in [0, 0.1) is 34.3 Å². The van der Waals surface area contributed by atoms with E-state index in [0.717, 1.165) is 25.2 Å². The van der Waals surface area contributed by atoms with Gasteiger partial charge in [0.1, 0.15) is 29.5 Å². The summed E-state index contributed by atoms with van der Waals surface area (Å²) in [7, 11) is 0.809. The standard InChI is InChI=1S/C52H58F10N10O9/c1-49(2,51(57,58)59)42(66-48(78)79-5)44(74)64-39(16-29-9-6-28(7-10-29)8-11-30-12-13-41(63-19-30)69-20-32-24-80-25-33(21-69)72(32)34-26-81-27-34)40(73)23-70(68-45(75)43(65-47(76)77)50(3,4)52(60,61)62)22-35-36(53)17-31(18-37(35)54)38-14-15-71(67-38)46(55)56/h6-7,9-10,12-15,17-19,32-34,39-40,42-43,46,65,73H,16,20-27H2,1-5H3,(H,64,74)(H,66,78)(H,68,75)(H,76,77)/t32?,33?,39-,40-,42+,43+/m0/s1. The molecule has 5 heterocycles. The SMILES string of the molecule is COC(=O)N[C@H](C(=O)N[C@@H](Cc1ccc(C#Cc2ccc(N3CC4COCC(C3)N4C3COC3)nc2)cc1)[C@@H](O)CN(Cc1c(F)cc(-c2ccn(C(F)F)n2)cc1F)NC(=O)[C@@H](NC(=O)O)C(C)(C)C(F)(F)F)C(C)(C)C(F)(F)F. The van der Waals surface area contributed by atoms with E-state index in [4.69, 9.17) is 9.47 Å². The molecule has 3 aliphatic heterocycles. The lowest BCUT2D eigenvalue weighted by molar-refractivity contribution is -0.221. The van der Waals surface area contributed by atoms with E-state index in [1.54, 1.807) is 12.3 Å². The fourth-order valence-corrected chi connectivity index (χ4v) is 9.38. The average molecular weight is 1160 g/mol. The number of aliphatic hydroxyl groups is 1. The number of carbonyl (C=O) groups is 4. The van der Waals surface area contributed by atoms with E-state index in [9.17, 15) is 64.5 Å². The van der Waals surface area contributed by atoms with E-state index in [2.05, 4.69) is 41.8 Å². The number of aliphatic hydroxyl groups excluding tert-OH is 1. The summed E-state index contributed by atoms with van der Waals surface area (Å²) in [6.45, 7) is 0.593. The number of halogens is 10. The van der Waals surface area contributed by atoms with Gasteiger partial charge in [0.05, 0.1) is 80.3 Å². The molecule has 4 amide bonds. The number of alkyl carbamates (subject to hydrolysis) is 1. The highest BCUT2D eigenvalue weighted by Crippen LogP contribution is 2.42. The lowest BCUT2D eigenvalue weighted by Crippen LogP contribution is -2.70. The van der Waals surface area contributed by atoms with Gasteiger partial charge in [0, 0.05) is 60.8 Å². The zero-order chi connectivity index (χ0) is 59.4. The van der Waals surface area contributed by atoms with Gasteiger partial charge in [-0.1, -0.05) is 24.0 Å². The number of morpholine rings is 1. The van der Waals surface area contributed by atoms with Crippen LogP contribution in [0.4, 0.5) is 59.3 Å². The number of carbonyl (C=O) groups excluding carboxylic acids is 3. The fraction of sp³-hybridized carbons (Fsp3) is 0.500. The van der Waals surface area contributed by atoms with E-state index in [1.807, 2.05) is 16.8 Å². The summed E-state index contributed by atoms with van der Waals surface area (Å²) >= 11 is 0. The molecule has 0 spiro atoms. The van der Waals surface area contributed by atoms with E-state index >= 15 is 8.78 Å². The lowest BCUT2D eigenvalue weighted by Gasteiger charge is -2.54. The molecule has 3 fully saturated rings. The predicted molar refractivity (Wildman–Crippen MR) is 267 cm³/mol. The first-order valence-electron chi connectivity index (χ1n) is 25.0. The van der Waals surface area contributed by atoms with Crippen molar-refractivity contribution >= 4 is 29.8 Å². The summed E-state index contributed by atoms with van der Waals surface area (Å²) in [5, 5.41) is 31.1. The van der Waals surface area contributed by atoms with Crippen molar-refractivity contribution in [1.82, 2.24) is 46.0 Å². The van der Waals surface area contributed by atoms with Crippen LogP contribution in [0.25, 0.3) is 11.3 Å². The highest BCUT2D eigenvalue weighted by atomic mass is 19.4. The Labute approximate surface area is 457 Å². The monoisotopic (exact) mass is 1160 g/mol. The third-order valence-corrected chi connectivity index (χ3v) is 14.4. The minimum atomic E-state index is -5.29. The summed E-state index contributed by atoms with van der Waals surface area (Å²) in [5.74, 6) is 0.523. The van der Waals surface area contributed by atoms with Crippen molar-refractivity contribution in [3.63, 3.8) is 0 Å². The number of benzene rings is 2. The first-order valence-corrected chi connectivity index (χ1v) is 25.0. The molecule has 0 radical (unpaired) electrons. The Bertz CT molecular complexity index is 2910. The van der Waals surface area contributed by atoms with Gasteiger partial charge in [-0.25, -0.2) is 33.0 Å². The van der Waals surface area contributed by atoms with E-state index in [0.29, 0.717) is 102 Å². The van der Waals surface area contributed by atoms with Crippen LogP contribution in [0.15, 0.2) is 67.0 Å². The zero-order valence-electron chi connectivity index (χ0n) is 44.0. The maximum absolute atomic E-state index is 16.0. The van der Waals surface area contributed by atoms with Crippen molar-refractivity contribution in [3.8, 4) is 23.1 Å². The number of nitrogens with one attached hydrogen (secondary N) is 4. The Balaban J connectivity index is 1.18. The minimum absolute atomic E-state index is 0.178. The number of amides is 4. The summed E-state index contributed by atoms with van der Waals surface area (Å²) in [4.78, 5) is 61.4. The maximum Gasteiger partial charge on any atom is 0.407 e. The lowest BCUT2D eigenvalue weighted by atomic mass is 9.82. The molecule has 2 bridgehead atoms. The molecule has 2 aromatic carbocycles. The van der Waals surface area contributed by atoms with Crippen molar-refractivity contribution < 1.29 is 87.5 Å². The smallest absolute Gasteiger partial charge is 0.407 e. The summed E-state index contributed by atoms with van der Waals surface area (Å²) in [5.41, 5.74) is -4.73. The van der Waals surface area contributed by atoms with E-state index < -0.39 is 115 Å². The van der Waals surface area contributed by atoms with Gasteiger partial charge < -0.3 is 45.3 Å². The number of ether oxygens (including phenoxy) is 3. The normalized spacial score (nSPS) is 18.7. The van der Waals surface area contributed by atoms with Crippen molar-refractivity contribution in [3.05, 3.63) is 101 Å².